The largest absolute Gasteiger partial charge is 0.318 e. The maximum atomic E-state index is 6.58. The Morgan fingerprint density at radius 1 is 0.833 bits per heavy atom. The monoisotopic (exact) mass is 239 g/mol. The highest BCUT2D eigenvalue weighted by molar-refractivity contribution is 5.45. The number of hydrogen-bond acceptors (Lipinski definition) is 1. The van der Waals surface area contributed by atoms with Crippen molar-refractivity contribution in [1.82, 2.24) is 0 Å². The molecule has 0 aromatic heterocycles. The Morgan fingerprint density at radius 3 is 2.00 bits per heavy atom. The van der Waals surface area contributed by atoms with E-state index in [9.17, 15) is 0 Å². The molecule has 94 valence electrons. The Hall–Kier alpha value is -1.60. The van der Waals surface area contributed by atoms with Gasteiger partial charge in [-0.25, -0.2) is 0 Å². The van der Waals surface area contributed by atoms with Gasteiger partial charge in [0.05, 0.1) is 5.54 Å². The molecule has 1 nitrogen and oxygen atoms in total. The Bertz CT molecular complexity index is 553. The number of aryl methyl sites for hydroxylation is 3. The van der Waals surface area contributed by atoms with Gasteiger partial charge in [0.15, 0.2) is 0 Å². The van der Waals surface area contributed by atoms with Crippen molar-refractivity contribution in [2.24, 2.45) is 5.73 Å². The zero-order valence-electron chi connectivity index (χ0n) is 11.6. The topological polar surface area (TPSA) is 26.0 Å². The van der Waals surface area contributed by atoms with Gasteiger partial charge in [-0.3, -0.25) is 0 Å². The van der Waals surface area contributed by atoms with Crippen LogP contribution >= 0.6 is 0 Å². The first kappa shape index (κ1) is 12.8. The molecule has 0 radical (unpaired) electrons. The Morgan fingerprint density at radius 2 is 1.39 bits per heavy atom. The van der Waals surface area contributed by atoms with E-state index in [1.165, 1.54) is 22.3 Å². The molecule has 0 aliphatic heterocycles. The van der Waals surface area contributed by atoms with E-state index in [1.807, 2.05) is 18.2 Å². The van der Waals surface area contributed by atoms with Gasteiger partial charge in [-0.1, -0.05) is 42.5 Å². The summed E-state index contributed by atoms with van der Waals surface area (Å²) >= 11 is 0. The van der Waals surface area contributed by atoms with Crippen LogP contribution in [0.15, 0.2) is 42.5 Å². The van der Waals surface area contributed by atoms with Crippen LogP contribution in [0.4, 0.5) is 0 Å². The van der Waals surface area contributed by atoms with Crippen molar-refractivity contribution in [2.75, 3.05) is 0 Å². The van der Waals surface area contributed by atoms with E-state index in [-0.39, 0.29) is 0 Å². The summed E-state index contributed by atoms with van der Waals surface area (Å²) in [6.07, 6.45) is 0. The predicted octanol–water partition coefficient (Wildman–Crippen LogP) is 3.83. The summed E-state index contributed by atoms with van der Waals surface area (Å²) in [6.45, 7) is 8.50. The lowest BCUT2D eigenvalue weighted by Gasteiger charge is -2.28. The average molecular weight is 239 g/mol. The molecule has 2 aromatic carbocycles. The summed E-state index contributed by atoms with van der Waals surface area (Å²) in [5.74, 6) is 0. The third-order valence-corrected chi connectivity index (χ3v) is 3.77. The molecule has 0 aliphatic carbocycles. The van der Waals surface area contributed by atoms with Gasteiger partial charge in [0.2, 0.25) is 0 Å². The van der Waals surface area contributed by atoms with Crippen molar-refractivity contribution in [3.63, 3.8) is 0 Å². The van der Waals surface area contributed by atoms with Crippen LogP contribution in [0.1, 0.15) is 34.7 Å². The molecule has 0 spiro atoms. The fraction of sp³-hybridized carbons (Fsp3) is 0.294. The third-order valence-electron chi connectivity index (χ3n) is 3.77. The van der Waals surface area contributed by atoms with Gasteiger partial charge in [-0.15, -0.1) is 0 Å². The molecule has 2 rings (SSSR count). The molecule has 0 aliphatic rings. The second-order valence-corrected chi connectivity index (χ2v) is 5.32. The smallest absolute Gasteiger partial charge is 0.0639 e. The summed E-state index contributed by atoms with van der Waals surface area (Å²) in [4.78, 5) is 0. The molecule has 0 bridgehead atoms. The molecular formula is C17H21N. The SMILES string of the molecule is Cc1cc(C)c(C(C)(N)c2ccccc2)cc1C. The first-order valence-corrected chi connectivity index (χ1v) is 6.35. The second-order valence-electron chi connectivity index (χ2n) is 5.32. The maximum Gasteiger partial charge on any atom is 0.0639 e. The minimum absolute atomic E-state index is 0.441. The zero-order valence-corrected chi connectivity index (χ0v) is 11.6. The molecule has 1 atom stereocenters. The van der Waals surface area contributed by atoms with Crippen molar-refractivity contribution in [2.45, 2.75) is 33.2 Å². The third kappa shape index (κ3) is 2.19. The minimum Gasteiger partial charge on any atom is -0.318 e. The normalized spacial score (nSPS) is 14.3. The van der Waals surface area contributed by atoms with E-state index in [4.69, 9.17) is 5.73 Å². The molecule has 2 aromatic rings. The summed E-state index contributed by atoms with van der Waals surface area (Å²) in [7, 11) is 0. The lowest BCUT2D eigenvalue weighted by Crippen LogP contribution is -2.35. The van der Waals surface area contributed by atoms with Crippen molar-refractivity contribution in [3.8, 4) is 0 Å². The summed E-state index contributed by atoms with van der Waals surface area (Å²) in [6, 6.07) is 14.7. The molecule has 2 N–H and O–H groups in total. The van der Waals surface area contributed by atoms with E-state index < -0.39 is 5.54 Å². The quantitative estimate of drug-likeness (QED) is 0.846. The molecule has 0 heterocycles. The van der Waals surface area contributed by atoms with Crippen LogP contribution in [0.3, 0.4) is 0 Å². The van der Waals surface area contributed by atoms with Crippen molar-refractivity contribution in [1.29, 1.82) is 0 Å². The van der Waals surface area contributed by atoms with Crippen LogP contribution < -0.4 is 5.73 Å². The van der Waals surface area contributed by atoms with E-state index in [2.05, 4.69) is 52.0 Å². The van der Waals surface area contributed by atoms with Gasteiger partial charge >= 0.3 is 0 Å². The molecule has 18 heavy (non-hydrogen) atoms. The molecular weight excluding hydrogens is 218 g/mol. The van der Waals surface area contributed by atoms with E-state index in [0.717, 1.165) is 5.56 Å². The Labute approximate surface area is 110 Å². The van der Waals surface area contributed by atoms with Crippen LogP contribution in [0, 0.1) is 20.8 Å². The van der Waals surface area contributed by atoms with Crippen LogP contribution in [0.2, 0.25) is 0 Å². The Balaban J connectivity index is 2.58. The van der Waals surface area contributed by atoms with Gasteiger partial charge in [-0.2, -0.15) is 0 Å². The predicted molar refractivity (Wildman–Crippen MR) is 77.7 cm³/mol. The fourth-order valence-corrected chi connectivity index (χ4v) is 2.46. The first-order valence-electron chi connectivity index (χ1n) is 6.35. The highest BCUT2D eigenvalue weighted by atomic mass is 14.7. The fourth-order valence-electron chi connectivity index (χ4n) is 2.46. The van der Waals surface area contributed by atoms with Crippen LogP contribution in [0.25, 0.3) is 0 Å². The van der Waals surface area contributed by atoms with E-state index in [0.29, 0.717) is 0 Å². The Kier molecular flexibility index (Phi) is 3.27. The lowest BCUT2D eigenvalue weighted by atomic mass is 9.82. The molecule has 0 saturated heterocycles. The highest BCUT2D eigenvalue weighted by Crippen LogP contribution is 2.30. The zero-order chi connectivity index (χ0) is 13.3. The van der Waals surface area contributed by atoms with Crippen molar-refractivity contribution >= 4 is 0 Å². The molecule has 0 saturated carbocycles. The van der Waals surface area contributed by atoms with Crippen molar-refractivity contribution < 1.29 is 0 Å². The number of hydrogen-bond donors (Lipinski definition) is 1. The van der Waals surface area contributed by atoms with Crippen LogP contribution in [0.5, 0.6) is 0 Å². The summed E-state index contributed by atoms with van der Waals surface area (Å²) < 4.78 is 0. The van der Waals surface area contributed by atoms with Gasteiger partial charge in [-0.05, 0) is 55.5 Å². The van der Waals surface area contributed by atoms with Crippen LogP contribution in [-0.4, -0.2) is 0 Å². The first-order chi connectivity index (χ1) is 8.43. The number of nitrogens with two attached hydrogens (primary N) is 1. The second kappa shape index (κ2) is 4.58. The number of rotatable bonds is 2. The maximum absolute atomic E-state index is 6.58. The molecule has 1 unspecified atom stereocenters. The van der Waals surface area contributed by atoms with Gasteiger partial charge in [0, 0.05) is 0 Å². The van der Waals surface area contributed by atoms with Gasteiger partial charge in [0.1, 0.15) is 0 Å². The van der Waals surface area contributed by atoms with Crippen molar-refractivity contribution in [3.05, 3.63) is 70.3 Å². The van der Waals surface area contributed by atoms with Gasteiger partial charge < -0.3 is 5.73 Å². The van der Waals surface area contributed by atoms with E-state index in [1.54, 1.807) is 0 Å². The molecule has 1 heteroatoms. The standard InChI is InChI=1S/C17H21N/c1-12-10-14(3)16(11-13(12)2)17(4,18)15-8-6-5-7-9-15/h5-11H,18H2,1-4H3. The molecule has 0 amide bonds. The van der Waals surface area contributed by atoms with Gasteiger partial charge in [0.25, 0.3) is 0 Å². The van der Waals surface area contributed by atoms with Crippen LogP contribution in [-0.2, 0) is 5.54 Å². The summed E-state index contributed by atoms with van der Waals surface area (Å²) in [5, 5.41) is 0. The molecule has 0 fully saturated rings. The number of benzene rings is 2. The lowest BCUT2D eigenvalue weighted by molar-refractivity contribution is 0.598. The average Bonchev–Trinajstić information content (AvgIpc) is 2.34. The summed E-state index contributed by atoms with van der Waals surface area (Å²) in [5.41, 5.74) is 12.4. The minimum atomic E-state index is -0.441. The highest BCUT2D eigenvalue weighted by Gasteiger charge is 2.25. The van der Waals surface area contributed by atoms with E-state index >= 15 is 0 Å².